The van der Waals surface area contributed by atoms with Crippen LogP contribution in [0.2, 0.25) is 0 Å². The molecule has 20 heavy (non-hydrogen) atoms. The second-order valence-corrected chi connectivity index (χ2v) is 7.05. The molecule has 1 aliphatic rings. The SMILES string of the molecule is Cc1cccc(C(=O)NCC2CCCCC2CBr)c1Br. The molecular formula is C16H21Br2NO. The van der Waals surface area contributed by atoms with Crippen molar-refractivity contribution in [2.24, 2.45) is 11.8 Å². The number of rotatable bonds is 4. The van der Waals surface area contributed by atoms with E-state index in [0.717, 1.165) is 27.5 Å². The van der Waals surface area contributed by atoms with Gasteiger partial charge in [-0.2, -0.15) is 0 Å². The maximum Gasteiger partial charge on any atom is 0.252 e. The molecule has 0 saturated heterocycles. The van der Waals surface area contributed by atoms with Crippen molar-refractivity contribution < 1.29 is 4.79 Å². The lowest BCUT2D eigenvalue weighted by molar-refractivity contribution is 0.0936. The lowest BCUT2D eigenvalue weighted by Gasteiger charge is -2.30. The van der Waals surface area contributed by atoms with Crippen LogP contribution in [0, 0.1) is 18.8 Å². The molecule has 1 fully saturated rings. The minimum atomic E-state index is 0.0273. The number of carbonyl (C=O) groups is 1. The van der Waals surface area contributed by atoms with Crippen molar-refractivity contribution in [3.63, 3.8) is 0 Å². The third-order valence-corrected chi connectivity index (χ3v) is 6.11. The molecule has 1 saturated carbocycles. The fraction of sp³-hybridized carbons (Fsp3) is 0.562. The van der Waals surface area contributed by atoms with Crippen LogP contribution >= 0.6 is 31.9 Å². The third-order valence-electron chi connectivity index (χ3n) is 4.23. The van der Waals surface area contributed by atoms with E-state index in [9.17, 15) is 4.79 Å². The summed E-state index contributed by atoms with van der Waals surface area (Å²) in [7, 11) is 0. The smallest absolute Gasteiger partial charge is 0.252 e. The van der Waals surface area contributed by atoms with E-state index in [1.165, 1.54) is 25.7 Å². The number of carbonyl (C=O) groups excluding carboxylic acids is 1. The van der Waals surface area contributed by atoms with E-state index < -0.39 is 0 Å². The summed E-state index contributed by atoms with van der Waals surface area (Å²) in [6.45, 7) is 2.79. The summed E-state index contributed by atoms with van der Waals surface area (Å²) in [5, 5.41) is 4.15. The number of aryl methyl sites for hydroxylation is 1. The van der Waals surface area contributed by atoms with E-state index in [0.29, 0.717) is 11.8 Å². The van der Waals surface area contributed by atoms with Gasteiger partial charge in [0, 0.05) is 16.3 Å². The van der Waals surface area contributed by atoms with E-state index in [1.807, 2.05) is 25.1 Å². The molecular weight excluding hydrogens is 382 g/mol. The van der Waals surface area contributed by atoms with Crippen LogP contribution in [0.5, 0.6) is 0 Å². The second-order valence-electron chi connectivity index (χ2n) is 5.61. The first kappa shape index (κ1) is 16.0. The van der Waals surface area contributed by atoms with Gasteiger partial charge in [-0.25, -0.2) is 0 Å². The third kappa shape index (κ3) is 3.85. The molecule has 0 radical (unpaired) electrons. The van der Waals surface area contributed by atoms with E-state index in [-0.39, 0.29) is 5.91 Å². The zero-order valence-electron chi connectivity index (χ0n) is 11.8. The minimum Gasteiger partial charge on any atom is -0.352 e. The van der Waals surface area contributed by atoms with Crippen LogP contribution in [-0.4, -0.2) is 17.8 Å². The summed E-state index contributed by atoms with van der Waals surface area (Å²) in [6, 6.07) is 5.80. The molecule has 0 aromatic heterocycles. The number of amides is 1. The Morgan fingerprint density at radius 2 is 2.00 bits per heavy atom. The van der Waals surface area contributed by atoms with Crippen LogP contribution < -0.4 is 5.32 Å². The highest BCUT2D eigenvalue weighted by molar-refractivity contribution is 9.10. The highest BCUT2D eigenvalue weighted by Crippen LogP contribution is 2.31. The summed E-state index contributed by atoms with van der Waals surface area (Å²) in [5.41, 5.74) is 1.82. The quantitative estimate of drug-likeness (QED) is 0.727. The Labute approximate surface area is 138 Å². The molecule has 2 atom stereocenters. The van der Waals surface area contributed by atoms with E-state index in [1.54, 1.807) is 0 Å². The normalized spacial score (nSPS) is 22.6. The molecule has 2 unspecified atom stereocenters. The van der Waals surface area contributed by atoms with Crippen molar-refractivity contribution in [1.82, 2.24) is 5.32 Å². The van der Waals surface area contributed by atoms with Crippen LogP contribution in [0.15, 0.2) is 22.7 Å². The molecule has 1 aliphatic carbocycles. The standard InChI is InChI=1S/C16H21Br2NO/c1-11-5-4-8-14(15(11)18)16(20)19-10-13-7-3-2-6-12(13)9-17/h4-5,8,12-13H,2-3,6-7,9-10H2,1H3,(H,19,20). The van der Waals surface area contributed by atoms with E-state index in [2.05, 4.69) is 37.2 Å². The van der Waals surface area contributed by atoms with Crippen LogP contribution in [0.25, 0.3) is 0 Å². The number of hydrogen-bond acceptors (Lipinski definition) is 1. The summed E-state index contributed by atoms with van der Waals surface area (Å²) >= 11 is 7.11. The van der Waals surface area contributed by atoms with E-state index in [4.69, 9.17) is 0 Å². The van der Waals surface area contributed by atoms with Crippen LogP contribution in [0.1, 0.15) is 41.6 Å². The molecule has 2 rings (SSSR count). The van der Waals surface area contributed by atoms with Crippen molar-refractivity contribution in [2.75, 3.05) is 11.9 Å². The summed E-state index contributed by atoms with van der Waals surface area (Å²) in [6.07, 6.45) is 5.12. The fourth-order valence-electron chi connectivity index (χ4n) is 2.90. The van der Waals surface area contributed by atoms with Crippen molar-refractivity contribution in [2.45, 2.75) is 32.6 Å². The first-order chi connectivity index (χ1) is 9.63. The number of benzene rings is 1. The van der Waals surface area contributed by atoms with Gasteiger partial charge in [0.25, 0.3) is 5.91 Å². The minimum absolute atomic E-state index is 0.0273. The highest BCUT2D eigenvalue weighted by Gasteiger charge is 2.24. The Morgan fingerprint density at radius 1 is 1.30 bits per heavy atom. The highest BCUT2D eigenvalue weighted by atomic mass is 79.9. The Bertz CT molecular complexity index is 476. The Kier molecular flexibility index (Phi) is 6.09. The van der Waals surface area contributed by atoms with Gasteiger partial charge in [-0.1, -0.05) is 40.9 Å². The molecule has 110 valence electrons. The van der Waals surface area contributed by atoms with Gasteiger partial charge >= 0.3 is 0 Å². The molecule has 1 aromatic rings. The van der Waals surface area contributed by atoms with Crippen molar-refractivity contribution in [3.05, 3.63) is 33.8 Å². The van der Waals surface area contributed by atoms with Crippen molar-refractivity contribution >= 4 is 37.8 Å². The topological polar surface area (TPSA) is 29.1 Å². The Morgan fingerprint density at radius 3 is 2.70 bits per heavy atom. The van der Waals surface area contributed by atoms with Gasteiger partial charge in [-0.05, 0) is 59.2 Å². The zero-order valence-corrected chi connectivity index (χ0v) is 15.0. The summed E-state index contributed by atoms with van der Waals surface area (Å²) < 4.78 is 0.901. The lowest BCUT2D eigenvalue weighted by atomic mass is 9.80. The molecule has 1 amide bonds. The Hall–Kier alpha value is -0.350. The van der Waals surface area contributed by atoms with Gasteiger partial charge < -0.3 is 5.32 Å². The van der Waals surface area contributed by atoms with Gasteiger partial charge in [0.1, 0.15) is 0 Å². The number of nitrogens with one attached hydrogen (secondary N) is 1. The lowest BCUT2D eigenvalue weighted by Crippen LogP contribution is -2.35. The van der Waals surface area contributed by atoms with Gasteiger partial charge in [-0.3, -0.25) is 4.79 Å². The molecule has 4 heteroatoms. The molecule has 1 N–H and O–H groups in total. The maximum absolute atomic E-state index is 12.3. The monoisotopic (exact) mass is 401 g/mol. The zero-order chi connectivity index (χ0) is 14.5. The van der Waals surface area contributed by atoms with Crippen LogP contribution in [-0.2, 0) is 0 Å². The molecule has 0 heterocycles. The molecule has 1 aromatic carbocycles. The van der Waals surface area contributed by atoms with Gasteiger partial charge in [0.15, 0.2) is 0 Å². The molecule has 0 aliphatic heterocycles. The number of alkyl halides is 1. The van der Waals surface area contributed by atoms with E-state index >= 15 is 0 Å². The average molecular weight is 403 g/mol. The maximum atomic E-state index is 12.3. The first-order valence-electron chi connectivity index (χ1n) is 7.22. The fourth-order valence-corrected chi connectivity index (χ4v) is 4.19. The second kappa shape index (κ2) is 7.60. The predicted molar refractivity (Wildman–Crippen MR) is 90.5 cm³/mol. The van der Waals surface area contributed by atoms with Crippen molar-refractivity contribution in [1.29, 1.82) is 0 Å². The summed E-state index contributed by atoms with van der Waals surface area (Å²) in [4.78, 5) is 12.3. The average Bonchev–Trinajstić information content (AvgIpc) is 2.48. The molecule has 0 spiro atoms. The first-order valence-corrected chi connectivity index (χ1v) is 9.14. The molecule has 0 bridgehead atoms. The Balaban J connectivity index is 1.96. The van der Waals surface area contributed by atoms with Crippen molar-refractivity contribution in [3.8, 4) is 0 Å². The van der Waals surface area contributed by atoms with Crippen LogP contribution in [0.3, 0.4) is 0 Å². The number of halogens is 2. The van der Waals surface area contributed by atoms with Gasteiger partial charge in [-0.15, -0.1) is 0 Å². The summed E-state index contributed by atoms with van der Waals surface area (Å²) in [5.74, 6) is 1.33. The van der Waals surface area contributed by atoms with Crippen LogP contribution in [0.4, 0.5) is 0 Å². The van der Waals surface area contributed by atoms with Gasteiger partial charge in [0.2, 0.25) is 0 Å². The largest absolute Gasteiger partial charge is 0.352 e. The molecule has 2 nitrogen and oxygen atoms in total. The van der Waals surface area contributed by atoms with Gasteiger partial charge in [0.05, 0.1) is 5.56 Å². The number of hydrogen-bond donors (Lipinski definition) is 1. The predicted octanol–water partition coefficient (Wildman–Crippen LogP) is 4.69.